The lowest BCUT2D eigenvalue weighted by Crippen LogP contribution is -2.51. The van der Waals surface area contributed by atoms with Gasteiger partial charge in [-0.15, -0.1) is 0 Å². The zero-order valence-electron chi connectivity index (χ0n) is 18.3. The van der Waals surface area contributed by atoms with Gasteiger partial charge in [0.2, 0.25) is 0 Å². The summed E-state index contributed by atoms with van der Waals surface area (Å²) in [4.78, 5) is 20.7. The van der Waals surface area contributed by atoms with Gasteiger partial charge in [0.05, 0.1) is 11.1 Å². The highest BCUT2D eigenvalue weighted by atomic mass is 19.4. The highest BCUT2D eigenvalue weighted by Gasteiger charge is 2.33. The molecule has 2 aliphatic heterocycles. The van der Waals surface area contributed by atoms with Crippen LogP contribution in [0.3, 0.4) is 0 Å². The van der Waals surface area contributed by atoms with Crippen molar-refractivity contribution in [2.75, 3.05) is 31.5 Å². The number of rotatable bonds is 1. The van der Waals surface area contributed by atoms with Crippen molar-refractivity contribution in [2.24, 2.45) is 4.99 Å². The molecule has 0 radical (unpaired) electrons. The normalized spacial score (nSPS) is 15.4. The minimum atomic E-state index is -4.51. The van der Waals surface area contributed by atoms with Crippen LogP contribution in [0.4, 0.5) is 33.7 Å². The number of anilines is 1. The third-order valence-corrected chi connectivity index (χ3v) is 5.80. The molecular weight excluding hydrogens is 464 g/mol. The predicted molar refractivity (Wildman–Crippen MR) is 123 cm³/mol. The zero-order valence-corrected chi connectivity index (χ0v) is 18.3. The van der Waals surface area contributed by atoms with Gasteiger partial charge in [-0.05, 0) is 48.5 Å². The van der Waals surface area contributed by atoms with Crippen molar-refractivity contribution >= 4 is 23.2 Å². The molecule has 1 fully saturated rings. The first-order valence-electron chi connectivity index (χ1n) is 10.9. The summed E-state index contributed by atoms with van der Waals surface area (Å²) in [6.45, 7) is 1.49. The summed E-state index contributed by atoms with van der Waals surface area (Å²) in [5.41, 5.74) is 0.272. The molecule has 1 N–H and O–H groups in total. The van der Waals surface area contributed by atoms with Crippen LogP contribution in [0.1, 0.15) is 11.1 Å². The molecule has 3 aromatic carbocycles. The van der Waals surface area contributed by atoms with Crippen LogP contribution in [-0.2, 0) is 6.18 Å². The number of carbonyl (C=O) groups excluding carboxylic acids is 1. The number of benzene rings is 3. The fourth-order valence-electron chi connectivity index (χ4n) is 4.03. The van der Waals surface area contributed by atoms with Crippen molar-refractivity contribution in [1.29, 1.82) is 0 Å². The highest BCUT2D eigenvalue weighted by molar-refractivity contribution is 6.04. The van der Waals surface area contributed by atoms with E-state index in [4.69, 9.17) is 4.74 Å². The molecule has 0 unspecified atom stereocenters. The molecule has 0 aromatic heterocycles. The largest absolute Gasteiger partial charge is 0.454 e. The van der Waals surface area contributed by atoms with Crippen LogP contribution in [0.2, 0.25) is 0 Å². The number of para-hydroxylation sites is 1. The van der Waals surface area contributed by atoms with Gasteiger partial charge >= 0.3 is 12.2 Å². The smallest absolute Gasteiger partial charge is 0.416 e. The summed E-state index contributed by atoms with van der Waals surface area (Å²) in [5, 5.41) is 2.68. The van der Waals surface area contributed by atoms with E-state index in [-0.39, 0.29) is 17.5 Å². The molecule has 1 saturated heterocycles. The van der Waals surface area contributed by atoms with E-state index < -0.39 is 17.6 Å². The predicted octanol–water partition coefficient (Wildman–Crippen LogP) is 5.88. The maximum absolute atomic E-state index is 13.4. The molecular formula is C25H20F4N4O2. The number of carbonyl (C=O) groups is 1. The summed E-state index contributed by atoms with van der Waals surface area (Å²) in [5.74, 6) is 0.738. The van der Waals surface area contributed by atoms with E-state index in [1.165, 1.54) is 24.3 Å². The highest BCUT2D eigenvalue weighted by Crippen LogP contribution is 2.41. The lowest BCUT2D eigenvalue weighted by Gasteiger charge is -2.36. The topological polar surface area (TPSA) is 57.2 Å². The lowest BCUT2D eigenvalue weighted by atomic mass is 10.1. The fraction of sp³-hybridized carbons (Fsp3) is 0.200. The number of ether oxygens (including phenoxy) is 1. The number of nitrogens with zero attached hydrogens (tertiary/aromatic N) is 3. The molecule has 2 heterocycles. The van der Waals surface area contributed by atoms with E-state index >= 15 is 0 Å². The van der Waals surface area contributed by atoms with Gasteiger partial charge in [-0.2, -0.15) is 13.2 Å². The molecule has 0 saturated carbocycles. The third-order valence-electron chi connectivity index (χ3n) is 5.80. The summed E-state index contributed by atoms with van der Waals surface area (Å²) >= 11 is 0. The minimum absolute atomic E-state index is 0.0808. The molecule has 5 rings (SSSR count). The minimum Gasteiger partial charge on any atom is -0.454 e. The first kappa shape index (κ1) is 22.7. The number of piperazine rings is 1. The Labute approximate surface area is 198 Å². The standard InChI is InChI=1S/C25H20F4N4O2/c26-17-4-3-5-18(15-17)30-24(34)33-12-10-32(11-13-33)23-19-6-1-2-7-21(19)35-22-9-8-16(25(27,28)29)14-20(22)31-23/h1-9,14-15H,10-13H2,(H,30,34). The molecule has 0 bridgehead atoms. The van der Waals surface area contributed by atoms with Crippen LogP contribution in [0.15, 0.2) is 71.7 Å². The maximum Gasteiger partial charge on any atom is 0.416 e. The number of fused-ring (bicyclic) bond motifs is 2. The van der Waals surface area contributed by atoms with Crippen molar-refractivity contribution in [3.05, 3.63) is 83.7 Å². The molecule has 2 amide bonds. The van der Waals surface area contributed by atoms with Crippen LogP contribution < -0.4 is 10.1 Å². The Morgan fingerprint density at radius 1 is 0.914 bits per heavy atom. The Hall–Kier alpha value is -4.08. The van der Waals surface area contributed by atoms with E-state index in [0.717, 1.165) is 12.1 Å². The first-order valence-corrected chi connectivity index (χ1v) is 10.9. The van der Waals surface area contributed by atoms with Crippen LogP contribution in [0.25, 0.3) is 0 Å². The number of hydrogen-bond donors (Lipinski definition) is 1. The quantitative estimate of drug-likeness (QED) is 0.439. The van der Waals surface area contributed by atoms with Crippen LogP contribution in [0.5, 0.6) is 11.5 Å². The van der Waals surface area contributed by atoms with Gasteiger partial charge in [0, 0.05) is 31.9 Å². The average molecular weight is 484 g/mol. The Morgan fingerprint density at radius 3 is 2.43 bits per heavy atom. The number of hydrogen-bond acceptors (Lipinski definition) is 4. The number of halogens is 4. The number of urea groups is 1. The Kier molecular flexibility index (Phi) is 5.80. The second-order valence-corrected chi connectivity index (χ2v) is 8.13. The van der Waals surface area contributed by atoms with Gasteiger partial charge < -0.3 is 19.9 Å². The number of amidine groups is 1. The number of aliphatic imine (C=N–C) groups is 1. The van der Waals surface area contributed by atoms with Gasteiger partial charge in [-0.3, -0.25) is 0 Å². The number of nitrogens with one attached hydrogen (secondary N) is 1. The fourth-order valence-corrected chi connectivity index (χ4v) is 4.03. The summed E-state index contributed by atoms with van der Waals surface area (Å²) in [7, 11) is 0. The van der Waals surface area contributed by atoms with Gasteiger partial charge in [0.1, 0.15) is 23.1 Å². The molecule has 3 aromatic rings. The van der Waals surface area contributed by atoms with Gasteiger partial charge in [0.15, 0.2) is 5.75 Å². The molecule has 10 heteroatoms. The van der Waals surface area contributed by atoms with Crippen molar-refractivity contribution in [3.63, 3.8) is 0 Å². The van der Waals surface area contributed by atoms with E-state index in [9.17, 15) is 22.4 Å². The SMILES string of the molecule is O=C(Nc1cccc(F)c1)N1CCN(C2=Nc3cc(C(F)(F)F)ccc3Oc3ccccc32)CC1. The Morgan fingerprint density at radius 2 is 1.69 bits per heavy atom. The second kappa shape index (κ2) is 8.94. The molecule has 0 aliphatic carbocycles. The van der Waals surface area contributed by atoms with Crippen LogP contribution >= 0.6 is 0 Å². The summed E-state index contributed by atoms with van der Waals surface area (Å²) < 4.78 is 59.2. The zero-order chi connectivity index (χ0) is 24.6. The maximum atomic E-state index is 13.4. The molecule has 2 aliphatic rings. The Balaban J connectivity index is 1.39. The van der Waals surface area contributed by atoms with Crippen molar-refractivity contribution in [1.82, 2.24) is 9.80 Å². The van der Waals surface area contributed by atoms with Crippen molar-refractivity contribution in [2.45, 2.75) is 6.18 Å². The molecule has 0 atom stereocenters. The number of alkyl halides is 3. The van der Waals surface area contributed by atoms with Gasteiger partial charge in [0.25, 0.3) is 0 Å². The first-order chi connectivity index (χ1) is 16.8. The lowest BCUT2D eigenvalue weighted by molar-refractivity contribution is -0.137. The van der Waals surface area contributed by atoms with Crippen molar-refractivity contribution < 1.29 is 27.1 Å². The van der Waals surface area contributed by atoms with Gasteiger partial charge in [-0.25, -0.2) is 14.2 Å². The third kappa shape index (κ3) is 4.77. The molecule has 6 nitrogen and oxygen atoms in total. The average Bonchev–Trinajstić information content (AvgIpc) is 3.00. The van der Waals surface area contributed by atoms with Crippen LogP contribution in [0, 0.1) is 5.82 Å². The van der Waals surface area contributed by atoms with E-state index in [1.807, 2.05) is 4.90 Å². The summed E-state index contributed by atoms with van der Waals surface area (Å²) in [6.07, 6.45) is -4.51. The second-order valence-electron chi connectivity index (χ2n) is 8.13. The van der Waals surface area contributed by atoms with Gasteiger partial charge in [-0.1, -0.05) is 18.2 Å². The number of amides is 2. The van der Waals surface area contributed by atoms with E-state index in [0.29, 0.717) is 49.0 Å². The monoisotopic (exact) mass is 484 g/mol. The van der Waals surface area contributed by atoms with Crippen molar-refractivity contribution in [3.8, 4) is 11.5 Å². The van der Waals surface area contributed by atoms with E-state index in [1.54, 1.807) is 35.2 Å². The Bertz CT molecular complexity index is 1300. The summed E-state index contributed by atoms with van der Waals surface area (Å²) in [6, 6.07) is 15.6. The van der Waals surface area contributed by atoms with Crippen LogP contribution in [-0.4, -0.2) is 47.8 Å². The molecule has 180 valence electrons. The van der Waals surface area contributed by atoms with E-state index in [2.05, 4.69) is 10.3 Å². The molecule has 35 heavy (non-hydrogen) atoms. The molecule has 0 spiro atoms.